The van der Waals surface area contributed by atoms with Crippen molar-refractivity contribution in [3.63, 3.8) is 0 Å². The molecular weight excluding hydrogens is 326 g/mol. The molecule has 0 bridgehead atoms. The summed E-state index contributed by atoms with van der Waals surface area (Å²) in [7, 11) is -3.20. The molecule has 1 aliphatic heterocycles. The summed E-state index contributed by atoms with van der Waals surface area (Å²) in [4.78, 5) is 7.97. The van der Waals surface area contributed by atoms with Gasteiger partial charge in [0.05, 0.1) is 29.2 Å². The average Bonchev–Trinajstić information content (AvgIpc) is 3.00. The summed E-state index contributed by atoms with van der Waals surface area (Å²) in [6.07, 6.45) is 8.13. The van der Waals surface area contributed by atoms with E-state index in [9.17, 15) is 8.42 Å². The average molecular weight is 346 g/mol. The fourth-order valence-electron chi connectivity index (χ4n) is 3.11. The van der Waals surface area contributed by atoms with Crippen molar-refractivity contribution in [3.8, 4) is 6.01 Å². The summed E-state index contributed by atoms with van der Waals surface area (Å²) in [5, 5.41) is 0.229. The highest BCUT2D eigenvalue weighted by Gasteiger charge is 2.38. The predicted molar refractivity (Wildman–Crippen MR) is 83.4 cm³/mol. The monoisotopic (exact) mass is 345 g/mol. The zero-order valence-corrected chi connectivity index (χ0v) is 13.9. The van der Waals surface area contributed by atoms with Crippen LogP contribution in [0.15, 0.2) is 12.4 Å². The van der Waals surface area contributed by atoms with E-state index >= 15 is 0 Å². The normalized spacial score (nSPS) is 24.5. The molecule has 1 saturated heterocycles. The number of sulfonamides is 1. The second kappa shape index (κ2) is 6.68. The second-order valence-corrected chi connectivity index (χ2v) is 8.52. The fraction of sp³-hybridized carbons (Fsp3) is 0.714. The Balaban J connectivity index is 1.60. The zero-order valence-electron chi connectivity index (χ0n) is 12.3. The molecule has 8 heteroatoms. The third kappa shape index (κ3) is 3.52. The lowest BCUT2D eigenvalue weighted by Crippen LogP contribution is -2.39. The maximum Gasteiger partial charge on any atom is 0.316 e. The summed E-state index contributed by atoms with van der Waals surface area (Å²) < 4.78 is 32.5. The van der Waals surface area contributed by atoms with Crippen LogP contribution in [-0.4, -0.2) is 47.1 Å². The topological polar surface area (TPSA) is 72.4 Å². The number of nitrogens with zero attached hydrogens (tertiary/aromatic N) is 3. The van der Waals surface area contributed by atoms with Crippen molar-refractivity contribution in [2.45, 2.75) is 49.9 Å². The number of hydrogen-bond acceptors (Lipinski definition) is 5. The van der Waals surface area contributed by atoms with Crippen LogP contribution in [0.2, 0.25) is 5.02 Å². The lowest BCUT2D eigenvalue weighted by molar-refractivity contribution is 0.197. The molecule has 0 amide bonds. The molecule has 0 N–H and O–H groups in total. The molecule has 2 fully saturated rings. The van der Waals surface area contributed by atoms with E-state index in [4.69, 9.17) is 16.3 Å². The van der Waals surface area contributed by atoms with Crippen LogP contribution < -0.4 is 4.74 Å². The van der Waals surface area contributed by atoms with E-state index in [1.807, 2.05) is 0 Å². The van der Waals surface area contributed by atoms with Gasteiger partial charge >= 0.3 is 6.01 Å². The van der Waals surface area contributed by atoms with E-state index in [1.54, 1.807) is 4.31 Å². The lowest BCUT2D eigenvalue weighted by atomic mass is 10.0. The standard InChI is InChI=1S/C14H20ClN3O3S/c15-11-8-16-14(17-9-11)21-12-6-7-18(10-12)22(19,20)13-4-2-1-3-5-13/h8-9,12-13H,1-7,10H2/t12-/m1/s1. The zero-order chi connectivity index (χ0) is 15.6. The van der Waals surface area contributed by atoms with E-state index in [1.165, 1.54) is 12.4 Å². The maximum atomic E-state index is 12.7. The lowest BCUT2D eigenvalue weighted by Gasteiger charge is -2.26. The van der Waals surface area contributed by atoms with Gasteiger partial charge in [-0.05, 0) is 19.3 Å². The van der Waals surface area contributed by atoms with E-state index in [0.717, 1.165) is 32.1 Å². The van der Waals surface area contributed by atoms with Crippen molar-refractivity contribution in [2.75, 3.05) is 13.1 Å². The van der Waals surface area contributed by atoms with Crippen LogP contribution in [0.5, 0.6) is 6.01 Å². The third-order valence-corrected chi connectivity index (χ3v) is 6.87. The Labute approximate surface area is 135 Å². The molecule has 0 spiro atoms. The fourth-order valence-corrected chi connectivity index (χ4v) is 5.29. The Morgan fingerprint density at radius 1 is 1.14 bits per heavy atom. The smallest absolute Gasteiger partial charge is 0.316 e. The molecule has 6 nitrogen and oxygen atoms in total. The van der Waals surface area contributed by atoms with Gasteiger partial charge in [-0.1, -0.05) is 30.9 Å². The SMILES string of the molecule is O=S(=O)(C1CCCCC1)N1CC[C@@H](Oc2ncc(Cl)cn2)C1. The van der Waals surface area contributed by atoms with E-state index in [-0.39, 0.29) is 17.4 Å². The number of rotatable bonds is 4. The molecule has 3 rings (SSSR count). The van der Waals surface area contributed by atoms with Gasteiger partial charge < -0.3 is 4.74 Å². The number of hydrogen-bond donors (Lipinski definition) is 0. The molecule has 1 aromatic rings. The minimum atomic E-state index is -3.20. The van der Waals surface area contributed by atoms with E-state index < -0.39 is 10.0 Å². The Morgan fingerprint density at radius 3 is 2.50 bits per heavy atom. The minimum Gasteiger partial charge on any atom is -0.459 e. The van der Waals surface area contributed by atoms with Gasteiger partial charge in [-0.3, -0.25) is 0 Å². The highest BCUT2D eigenvalue weighted by atomic mass is 35.5. The maximum absolute atomic E-state index is 12.7. The Bertz CT molecular complexity index is 602. The molecule has 2 aliphatic rings. The highest BCUT2D eigenvalue weighted by Crippen LogP contribution is 2.28. The molecular formula is C14H20ClN3O3S. The Hall–Kier alpha value is -0.920. The minimum absolute atomic E-state index is 0.195. The van der Waals surface area contributed by atoms with Gasteiger partial charge in [-0.15, -0.1) is 0 Å². The van der Waals surface area contributed by atoms with Crippen molar-refractivity contribution >= 4 is 21.6 Å². The Kier molecular flexibility index (Phi) is 4.84. The van der Waals surface area contributed by atoms with Crippen molar-refractivity contribution in [3.05, 3.63) is 17.4 Å². The van der Waals surface area contributed by atoms with Crippen LogP contribution >= 0.6 is 11.6 Å². The van der Waals surface area contributed by atoms with Crippen LogP contribution in [0.1, 0.15) is 38.5 Å². The third-order valence-electron chi connectivity index (χ3n) is 4.31. The van der Waals surface area contributed by atoms with Gasteiger partial charge in [-0.2, -0.15) is 4.31 Å². The van der Waals surface area contributed by atoms with Crippen LogP contribution in [0.25, 0.3) is 0 Å². The molecule has 1 saturated carbocycles. The molecule has 1 atom stereocenters. The Morgan fingerprint density at radius 2 is 1.82 bits per heavy atom. The number of ether oxygens (including phenoxy) is 1. The van der Waals surface area contributed by atoms with Gasteiger partial charge in [0.1, 0.15) is 6.10 Å². The first-order valence-electron chi connectivity index (χ1n) is 7.69. The van der Waals surface area contributed by atoms with Gasteiger partial charge in [0.15, 0.2) is 0 Å². The summed E-state index contributed by atoms with van der Waals surface area (Å²) >= 11 is 5.73. The van der Waals surface area contributed by atoms with E-state index in [2.05, 4.69) is 9.97 Å². The molecule has 0 unspecified atom stereocenters. The molecule has 2 heterocycles. The molecule has 22 heavy (non-hydrogen) atoms. The van der Waals surface area contributed by atoms with Gasteiger partial charge in [0.2, 0.25) is 10.0 Å². The quantitative estimate of drug-likeness (QED) is 0.836. The summed E-state index contributed by atoms with van der Waals surface area (Å²) in [5.41, 5.74) is 0. The van der Waals surface area contributed by atoms with Crippen LogP contribution in [-0.2, 0) is 10.0 Å². The van der Waals surface area contributed by atoms with E-state index in [0.29, 0.717) is 24.5 Å². The van der Waals surface area contributed by atoms with Crippen molar-refractivity contribution in [1.29, 1.82) is 0 Å². The van der Waals surface area contributed by atoms with Crippen molar-refractivity contribution in [1.82, 2.24) is 14.3 Å². The number of aromatic nitrogens is 2. The van der Waals surface area contributed by atoms with Crippen LogP contribution in [0, 0.1) is 0 Å². The molecule has 122 valence electrons. The van der Waals surface area contributed by atoms with Crippen molar-refractivity contribution in [2.24, 2.45) is 0 Å². The van der Waals surface area contributed by atoms with Crippen LogP contribution in [0.3, 0.4) is 0 Å². The van der Waals surface area contributed by atoms with Gasteiger partial charge in [-0.25, -0.2) is 18.4 Å². The predicted octanol–water partition coefficient (Wildman–Crippen LogP) is 2.25. The summed E-state index contributed by atoms with van der Waals surface area (Å²) in [6, 6.07) is 0.242. The van der Waals surface area contributed by atoms with Crippen LogP contribution in [0.4, 0.5) is 0 Å². The first-order valence-corrected chi connectivity index (χ1v) is 9.57. The molecule has 0 aromatic carbocycles. The summed E-state index contributed by atoms with van der Waals surface area (Å²) in [5.74, 6) is 0. The highest BCUT2D eigenvalue weighted by molar-refractivity contribution is 7.89. The first kappa shape index (κ1) is 16.0. The first-order chi connectivity index (χ1) is 10.6. The summed E-state index contributed by atoms with van der Waals surface area (Å²) in [6.45, 7) is 0.891. The second-order valence-electron chi connectivity index (χ2n) is 5.88. The van der Waals surface area contributed by atoms with Crippen molar-refractivity contribution < 1.29 is 13.2 Å². The van der Waals surface area contributed by atoms with Gasteiger partial charge in [0, 0.05) is 6.54 Å². The van der Waals surface area contributed by atoms with Gasteiger partial charge in [0.25, 0.3) is 0 Å². The largest absolute Gasteiger partial charge is 0.459 e. The molecule has 1 aliphatic carbocycles. The molecule has 0 radical (unpaired) electrons. The molecule has 1 aromatic heterocycles. The number of halogens is 1.